The van der Waals surface area contributed by atoms with Crippen molar-refractivity contribution in [2.45, 2.75) is 11.8 Å². The minimum atomic E-state index is -3.65. The molecule has 0 aromatic heterocycles. The largest absolute Gasteiger partial charge is 0.382 e. The standard InChI is InChI=1S/C10H14BrNO4S/c1-8-3-4-9(11)7-10(8)17(13,14)12-16-6-5-15-2/h3-4,7,12H,5-6H2,1-2H3. The van der Waals surface area contributed by atoms with Gasteiger partial charge in [0.15, 0.2) is 0 Å². The van der Waals surface area contributed by atoms with Crippen LogP contribution in [-0.4, -0.2) is 28.7 Å². The van der Waals surface area contributed by atoms with E-state index in [9.17, 15) is 8.42 Å². The summed E-state index contributed by atoms with van der Waals surface area (Å²) in [6.07, 6.45) is 0. The molecule has 1 N–H and O–H groups in total. The second kappa shape index (κ2) is 6.46. The molecule has 0 radical (unpaired) electrons. The maximum Gasteiger partial charge on any atom is 0.262 e. The summed E-state index contributed by atoms with van der Waals surface area (Å²) < 4.78 is 29.2. The van der Waals surface area contributed by atoms with E-state index in [1.807, 2.05) is 4.89 Å². The first-order valence-corrected chi connectivity index (χ1v) is 7.13. The maximum absolute atomic E-state index is 11.9. The lowest BCUT2D eigenvalue weighted by Gasteiger charge is -2.09. The zero-order chi connectivity index (χ0) is 12.9. The Kier molecular flexibility index (Phi) is 5.54. The quantitative estimate of drug-likeness (QED) is 0.638. The van der Waals surface area contributed by atoms with Gasteiger partial charge in [-0.3, -0.25) is 4.84 Å². The summed E-state index contributed by atoms with van der Waals surface area (Å²) in [5.74, 6) is 0. The fourth-order valence-electron chi connectivity index (χ4n) is 1.15. The van der Waals surface area contributed by atoms with Crippen molar-refractivity contribution in [2.24, 2.45) is 0 Å². The van der Waals surface area contributed by atoms with E-state index in [4.69, 9.17) is 9.57 Å². The molecule has 5 nitrogen and oxygen atoms in total. The first kappa shape index (κ1) is 14.6. The van der Waals surface area contributed by atoms with Gasteiger partial charge in [-0.1, -0.05) is 26.9 Å². The SMILES string of the molecule is COCCONS(=O)(=O)c1cc(Br)ccc1C. The minimum Gasteiger partial charge on any atom is -0.382 e. The summed E-state index contributed by atoms with van der Waals surface area (Å²) in [7, 11) is -2.14. The van der Waals surface area contributed by atoms with Gasteiger partial charge >= 0.3 is 0 Å². The summed E-state index contributed by atoms with van der Waals surface area (Å²) in [5, 5.41) is 0. The molecule has 17 heavy (non-hydrogen) atoms. The third-order valence-electron chi connectivity index (χ3n) is 2.00. The van der Waals surface area contributed by atoms with Crippen LogP contribution in [0.1, 0.15) is 5.56 Å². The van der Waals surface area contributed by atoms with Crippen molar-refractivity contribution in [2.75, 3.05) is 20.3 Å². The van der Waals surface area contributed by atoms with Crippen LogP contribution in [0.25, 0.3) is 0 Å². The van der Waals surface area contributed by atoms with Gasteiger partial charge in [-0.25, -0.2) is 8.42 Å². The van der Waals surface area contributed by atoms with Crippen molar-refractivity contribution < 1.29 is 18.0 Å². The smallest absolute Gasteiger partial charge is 0.262 e. The van der Waals surface area contributed by atoms with E-state index in [1.54, 1.807) is 19.1 Å². The zero-order valence-corrected chi connectivity index (χ0v) is 12.0. The van der Waals surface area contributed by atoms with Gasteiger partial charge in [-0.2, -0.15) is 0 Å². The van der Waals surface area contributed by atoms with E-state index in [0.717, 1.165) is 0 Å². The van der Waals surface area contributed by atoms with Crippen molar-refractivity contribution in [3.63, 3.8) is 0 Å². The Bertz CT molecular complexity index is 475. The summed E-state index contributed by atoms with van der Waals surface area (Å²) in [4.78, 5) is 7.04. The summed E-state index contributed by atoms with van der Waals surface area (Å²) in [6, 6.07) is 5.02. The first-order chi connectivity index (χ1) is 7.97. The van der Waals surface area contributed by atoms with Crippen molar-refractivity contribution >= 4 is 26.0 Å². The molecule has 7 heteroatoms. The first-order valence-electron chi connectivity index (χ1n) is 4.86. The second-order valence-electron chi connectivity index (χ2n) is 3.34. The summed E-state index contributed by atoms with van der Waals surface area (Å²) in [5.41, 5.74) is 0.649. The van der Waals surface area contributed by atoms with Crippen LogP contribution in [-0.2, 0) is 19.6 Å². The van der Waals surface area contributed by atoms with E-state index < -0.39 is 10.0 Å². The number of methoxy groups -OCH3 is 1. The number of hydrogen-bond donors (Lipinski definition) is 1. The predicted octanol–water partition coefficient (Wildman–Crippen LogP) is 1.61. The molecule has 0 aliphatic heterocycles. The molecule has 0 atom stereocenters. The van der Waals surface area contributed by atoms with E-state index in [-0.39, 0.29) is 11.5 Å². The molecule has 1 rings (SSSR count). The van der Waals surface area contributed by atoms with Gasteiger partial charge in [0.1, 0.15) is 0 Å². The molecule has 96 valence electrons. The molecule has 0 amide bonds. The number of aryl methyl sites for hydroxylation is 1. The number of ether oxygens (including phenoxy) is 1. The van der Waals surface area contributed by atoms with Crippen LogP contribution in [0.15, 0.2) is 27.6 Å². The zero-order valence-electron chi connectivity index (χ0n) is 9.57. The number of hydrogen-bond acceptors (Lipinski definition) is 4. The monoisotopic (exact) mass is 323 g/mol. The van der Waals surface area contributed by atoms with E-state index >= 15 is 0 Å². The summed E-state index contributed by atoms with van der Waals surface area (Å²) in [6.45, 7) is 2.19. The van der Waals surface area contributed by atoms with E-state index in [1.165, 1.54) is 13.2 Å². The van der Waals surface area contributed by atoms with Gasteiger partial charge in [0.05, 0.1) is 18.1 Å². The molecule has 0 heterocycles. The third kappa shape index (κ3) is 4.36. The lowest BCUT2D eigenvalue weighted by atomic mass is 10.2. The van der Waals surface area contributed by atoms with Gasteiger partial charge in [0, 0.05) is 11.6 Å². The fraction of sp³-hybridized carbons (Fsp3) is 0.400. The van der Waals surface area contributed by atoms with Crippen LogP contribution < -0.4 is 4.89 Å². The fourth-order valence-corrected chi connectivity index (χ4v) is 2.77. The van der Waals surface area contributed by atoms with Crippen LogP contribution in [0.5, 0.6) is 0 Å². The normalized spacial score (nSPS) is 11.7. The molecule has 0 spiro atoms. The molecule has 0 saturated heterocycles. The van der Waals surface area contributed by atoms with Crippen LogP contribution in [0.2, 0.25) is 0 Å². The molecular formula is C10H14BrNO4S. The predicted molar refractivity (Wildman–Crippen MR) is 67.0 cm³/mol. The van der Waals surface area contributed by atoms with Gasteiger partial charge in [-0.15, -0.1) is 0 Å². The Morgan fingerprint density at radius 2 is 2.06 bits per heavy atom. The second-order valence-corrected chi connectivity index (χ2v) is 5.87. The van der Waals surface area contributed by atoms with Crippen molar-refractivity contribution in [1.29, 1.82) is 0 Å². The Balaban J connectivity index is 2.79. The maximum atomic E-state index is 11.9. The van der Waals surface area contributed by atoms with E-state index in [2.05, 4.69) is 15.9 Å². The average Bonchev–Trinajstić information content (AvgIpc) is 2.28. The molecule has 1 aromatic carbocycles. The molecule has 0 fully saturated rings. The minimum absolute atomic E-state index is 0.156. The average molecular weight is 324 g/mol. The van der Waals surface area contributed by atoms with Gasteiger partial charge in [0.25, 0.3) is 10.0 Å². The molecule has 0 saturated carbocycles. The highest BCUT2D eigenvalue weighted by atomic mass is 79.9. The third-order valence-corrected chi connectivity index (χ3v) is 3.85. The summed E-state index contributed by atoms with van der Waals surface area (Å²) >= 11 is 3.23. The molecular weight excluding hydrogens is 310 g/mol. The van der Waals surface area contributed by atoms with Crippen molar-refractivity contribution in [3.05, 3.63) is 28.2 Å². The number of rotatable bonds is 6. The van der Waals surface area contributed by atoms with Gasteiger partial charge in [0.2, 0.25) is 0 Å². The van der Waals surface area contributed by atoms with Crippen molar-refractivity contribution in [3.8, 4) is 0 Å². The lowest BCUT2D eigenvalue weighted by molar-refractivity contribution is 0.0438. The van der Waals surface area contributed by atoms with Crippen LogP contribution >= 0.6 is 15.9 Å². The Morgan fingerprint density at radius 3 is 2.71 bits per heavy atom. The Morgan fingerprint density at radius 1 is 1.35 bits per heavy atom. The van der Waals surface area contributed by atoms with Crippen molar-refractivity contribution in [1.82, 2.24) is 4.89 Å². The van der Waals surface area contributed by atoms with Crippen LogP contribution in [0.3, 0.4) is 0 Å². The van der Waals surface area contributed by atoms with Gasteiger partial charge < -0.3 is 4.74 Å². The molecule has 0 unspecified atom stereocenters. The topological polar surface area (TPSA) is 64.6 Å². The Hall–Kier alpha value is -0.470. The number of benzene rings is 1. The van der Waals surface area contributed by atoms with Crippen LogP contribution in [0, 0.1) is 6.92 Å². The van der Waals surface area contributed by atoms with E-state index in [0.29, 0.717) is 16.6 Å². The molecule has 0 aliphatic carbocycles. The highest BCUT2D eigenvalue weighted by Crippen LogP contribution is 2.20. The lowest BCUT2D eigenvalue weighted by Crippen LogP contribution is -2.26. The Labute approximate surface area is 109 Å². The number of nitrogens with one attached hydrogen (secondary N) is 1. The highest BCUT2D eigenvalue weighted by Gasteiger charge is 2.17. The van der Waals surface area contributed by atoms with Crippen LogP contribution in [0.4, 0.5) is 0 Å². The van der Waals surface area contributed by atoms with Gasteiger partial charge in [-0.05, 0) is 24.6 Å². The molecule has 0 aliphatic rings. The number of sulfonamides is 1. The number of halogens is 1. The molecule has 1 aromatic rings. The highest BCUT2D eigenvalue weighted by molar-refractivity contribution is 9.10. The molecule has 0 bridgehead atoms.